The molecular weight excluding hydrogens is 344 g/mol. The zero-order valence-corrected chi connectivity index (χ0v) is 14.8. The summed E-state index contributed by atoms with van der Waals surface area (Å²) in [6, 6.07) is 13.1. The number of benzene rings is 2. The highest BCUT2D eigenvalue weighted by Crippen LogP contribution is 2.22. The number of hydrogen-bond donors (Lipinski definition) is 0. The van der Waals surface area contributed by atoms with Crippen molar-refractivity contribution in [1.82, 2.24) is 4.57 Å². The Hall–Kier alpha value is -2.37. The third-order valence-electron chi connectivity index (χ3n) is 3.53. The molecule has 0 bridgehead atoms. The summed E-state index contributed by atoms with van der Waals surface area (Å²) in [7, 11) is 3.51. The smallest absolute Gasteiger partial charge is 0.272 e. The Balaban J connectivity index is 1.93. The number of aromatic nitrogens is 1. The molecule has 1 amide bonds. The van der Waals surface area contributed by atoms with Gasteiger partial charge >= 0.3 is 0 Å². The van der Waals surface area contributed by atoms with E-state index in [4.69, 9.17) is 16.3 Å². The van der Waals surface area contributed by atoms with Gasteiger partial charge in [-0.25, -0.2) is 0 Å². The summed E-state index contributed by atoms with van der Waals surface area (Å²) in [5.74, 6) is 0.449. The van der Waals surface area contributed by atoms with Crippen LogP contribution in [0.1, 0.15) is 5.56 Å². The lowest BCUT2D eigenvalue weighted by molar-refractivity contribution is -0.113. The van der Waals surface area contributed by atoms with E-state index in [-0.39, 0.29) is 5.91 Å². The summed E-state index contributed by atoms with van der Waals surface area (Å²) in [4.78, 5) is 16.9. The molecule has 3 aromatic rings. The molecule has 2 aromatic carbocycles. The van der Waals surface area contributed by atoms with Gasteiger partial charge in [0.1, 0.15) is 5.75 Å². The average molecular weight is 359 g/mol. The van der Waals surface area contributed by atoms with E-state index in [1.54, 1.807) is 19.3 Å². The fraction of sp³-hybridized carbons (Fsp3) is 0.111. The first-order valence-electron chi connectivity index (χ1n) is 7.23. The summed E-state index contributed by atoms with van der Waals surface area (Å²) in [6.45, 7) is 0. The van der Waals surface area contributed by atoms with E-state index >= 15 is 0 Å². The molecule has 1 aromatic heterocycles. The van der Waals surface area contributed by atoms with Gasteiger partial charge in [0.2, 0.25) is 0 Å². The van der Waals surface area contributed by atoms with Crippen LogP contribution in [0.3, 0.4) is 0 Å². The fourth-order valence-electron chi connectivity index (χ4n) is 2.25. The third kappa shape index (κ3) is 3.42. The van der Waals surface area contributed by atoms with Gasteiger partial charge in [-0.2, -0.15) is 4.99 Å². The van der Waals surface area contributed by atoms with Crippen LogP contribution in [0, 0.1) is 0 Å². The number of thiazole rings is 1. The molecule has 0 saturated carbocycles. The molecule has 0 aliphatic carbocycles. The number of hydrogen-bond acceptors (Lipinski definition) is 3. The second kappa shape index (κ2) is 7.03. The number of aryl methyl sites for hydroxylation is 1. The average Bonchev–Trinajstić information content (AvgIpc) is 2.89. The third-order valence-corrected chi connectivity index (χ3v) is 4.97. The number of nitrogens with zero attached hydrogens (tertiary/aromatic N) is 2. The molecule has 6 heteroatoms. The highest BCUT2D eigenvalue weighted by Gasteiger charge is 2.05. The number of ether oxygens (including phenoxy) is 1. The standard InChI is InChI=1S/C18H15ClN2O2S/c1-21-15-9-8-13(23-2)11-16(15)24-18(21)20-17(22)10-7-12-5-3-4-6-14(12)19/h3-11H,1-2H3. The maximum absolute atomic E-state index is 12.1. The lowest BCUT2D eigenvalue weighted by Crippen LogP contribution is -2.12. The van der Waals surface area contributed by atoms with E-state index in [0.29, 0.717) is 9.82 Å². The molecule has 0 atom stereocenters. The zero-order chi connectivity index (χ0) is 17.1. The topological polar surface area (TPSA) is 43.6 Å². The normalized spacial score (nSPS) is 12.2. The van der Waals surface area contributed by atoms with Gasteiger partial charge in [0.25, 0.3) is 5.91 Å². The van der Waals surface area contributed by atoms with Crippen molar-refractivity contribution in [3.63, 3.8) is 0 Å². The molecule has 0 radical (unpaired) electrons. The first-order valence-corrected chi connectivity index (χ1v) is 8.43. The Kier molecular flexibility index (Phi) is 4.83. The van der Waals surface area contributed by atoms with Crippen molar-refractivity contribution in [3.05, 3.63) is 63.9 Å². The Morgan fingerprint density at radius 3 is 2.83 bits per heavy atom. The van der Waals surface area contributed by atoms with E-state index in [0.717, 1.165) is 21.5 Å². The molecule has 1 heterocycles. The largest absolute Gasteiger partial charge is 0.497 e. The second-order valence-corrected chi connectivity index (χ2v) is 6.50. The highest BCUT2D eigenvalue weighted by molar-refractivity contribution is 7.16. The molecule has 0 fully saturated rings. The van der Waals surface area contributed by atoms with Crippen molar-refractivity contribution in [2.45, 2.75) is 0 Å². The quantitative estimate of drug-likeness (QED) is 0.663. The molecule has 0 N–H and O–H groups in total. The van der Waals surface area contributed by atoms with Crippen LogP contribution in [0.2, 0.25) is 5.02 Å². The van der Waals surface area contributed by atoms with E-state index in [1.165, 1.54) is 17.4 Å². The molecular formula is C18H15ClN2O2S. The minimum atomic E-state index is -0.330. The fourth-order valence-corrected chi connectivity index (χ4v) is 3.50. The number of halogens is 1. The lowest BCUT2D eigenvalue weighted by Gasteiger charge is -1.99. The number of methoxy groups -OCH3 is 1. The van der Waals surface area contributed by atoms with Crippen molar-refractivity contribution in [1.29, 1.82) is 0 Å². The van der Waals surface area contributed by atoms with Crippen LogP contribution in [0.4, 0.5) is 0 Å². The van der Waals surface area contributed by atoms with Gasteiger partial charge in [-0.15, -0.1) is 0 Å². The molecule has 0 unspecified atom stereocenters. The summed E-state index contributed by atoms with van der Waals surface area (Å²) in [5.41, 5.74) is 1.79. The molecule has 0 aliphatic heterocycles. The number of amides is 1. The Bertz CT molecular complexity index is 1000. The van der Waals surface area contributed by atoms with Gasteiger partial charge in [-0.3, -0.25) is 4.79 Å². The van der Waals surface area contributed by atoms with Crippen LogP contribution in [0.25, 0.3) is 16.3 Å². The van der Waals surface area contributed by atoms with Crippen molar-refractivity contribution >= 4 is 45.1 Å². The number of rotatable bonds is 3. The predicted octanol–water partition coefficient (Wildman–Crippen LogP) is 4.04. The summed E-state index contributed by atoms with van der Waals surface area (Å²) < 4.78 is 8.13. The van der Waals surface area contributed by atoms with Gasteiger partial charge in [0.15, 0.2) is 4.80 Å². The molecule has 0 saturated heterocycles. The minimum Gasteiger partial charge on any atom is -0.497 e. The van der Waals surface area contributed by atoms with Gasteiger partial charge in [0.05, 0.1) is 17.3 Å². The molecule has 24 heavy (non-hydrogen) atoms. The first kappa shape index (κ1) is 16.5. The monoisotopic (exact) mass is 358 g/mol. The maximum Gasteiger partial charge on any atom is 0.272 e. The summed E-state index contributed by atoms with van der Waals surface area (Å²) in [5, 5.41) is 0.598. The van der Waals surface area contributed by atoms with E-state index in [2.05, 4.69) is 4.99 Å². The SMILES string of the molecule is COc1ccc2c(c1)sc(=NC(=O)C=Cc1ccccc1Cl)n2C. The van der Waals surface area contributed by atoms with Crippen LogP contribution < -0.4 is 9.54 Å². The number of carbonyl (C=O) groups excluding carboxylic acids is 1. The zero-order valence-electron chi connectivity index (χ0n) is 13.2. The minimum absolute atomic E-state index is 0.330. The van der Waals surface area contributed by atoms with Gasteiger partial charge < -0.3 is 9.30 Å². The molecule has 0 spiro atoms. The number of carbonyl (C=O) groups is 1. The maximum atomic E-state index is 12.1. The highest BCUT2D eigenvalue weighted by atomic mass is 35.5. The van der Waals surface area contributed by atoms with E-state index in [1.807, 2.05) is 48.0 Å². The molecule has 122 valence electrons. The lowest BCUT2D eigenvalue weighted by atomic mass is 10.2. The van der Waals surface area contributed by atoms with Gasteiger partial charge in [-0.1, -0.05) is 41.1 Å². The van der Waals surface area contributed by atoms with Crippen LogP contribution in [-0.4, -0.2) is 17.6 Å². The van der Waals surface area contributed by atoms with E-state index in [9.17, 15) is 4.79 Å². The predicted molar refractivity (Wildman–Crippen MR) is 98.4 cm³/mol. The van der Waals surface area contributed by atoms with Gasteiger partial charge in [-0.05, 0) is 35.9 Å². The van der Waals surface area contributed by atoms with Crippen LogP contribution in [0.5, 0.6) is 5.75 Å². The summed E-state index contributed by atoms with van der Waals surface area (Å²) >= 11 is 7.51. The Morgan fingerprint density at radius 1 is 1.29 bits per heavy atom. The van der Waals surface area contributed by atoms with Crippen LogP contribution in [0.15, 0.2) is 53.5 Å². The van der Waals surface area contributed by atoms with Crippen molar-refractivity contribution in [3.8, 4) is 5.75 Å². The van der Waals surface area contributed by atoms with Crippen LogP contribution >= 0.6 is 22.9 Å². The van der Waals surface area contributed by atoms with Gasteiger partial charge in [0, 0.05) is 18.1 Å². The van der Waals surface area contributed by atoms with Crippen LogP contribution in [-0.2, 0) is 11.8 Å². The Labute approximate surface area is 148 Å². The van der Waals surface area contributed by atoms with Crippen molar-refractivity contribution in [2.75, 3.05) is 7.11 Å². The molecule has 4 nitrogen and oxygen atoms in total. The van der Waals surface area contributed by atoms with E-state index < -0.39 is 0 Å². The summed E-state index contributed by atoms with van der Waals surface area (Å²) in [6.07, 6.45) is 3.09. The number of fused-ring (bicyclic) bond motifs is 1. The molecule has 3 rings (SSSR count). The van der Waals surface area contributed by atoms with Crippen molar-refractivity contribution < 1.29 is 9.53 Å². The Morgan fingerprint density at radius 2 is 2.08 bits per heavy atom. The first-order chi connectivity index (χ1) is 11.6. The second-order valence-electron chi connectivity index (χ2n) is 5.08. The van der Waals surface area contributed by atoms with Crippen molar-refractivity contribution in [2.24, 2.45) is 12.0 Å². The molecule has 0 aliphatic rings.